The van der Waals surface area contributed by atoms with E-state index in [1.54, 1.807) is 25.4 Å². The van der Waals surface area contributed by atoms with Gasteiger partial charge in [-0.15, -0.1) is 0 Å². The van der Waals surface area contributed by atoms with Gasteiger partial charge in [0.05, 0.1) is 17.9 Å². The number of rotatable bonds is 4. The average molecular weight is 272 g/mol. The van der Waals surface area contributed by atoms with Gasteiger partial charge >= 0.3 is 5.97 Å². The van der Waals surface area contributed by atoms with Gasteiger partial charge in [-0.2, -0.15) is 0 Å². The van der Waals surface area contributed by atoms with Gasteiger partial charge in [-0.05, 0) is 18.9 Å². The molecule has 2 aromatic heterocycles. The van der Waals surface area contributed by atoms with Gasteiger partial charge in [0.2, 0.25) is 0 Å². The Labute approximate surface area is 117 Å². The molecule has 0 aromatic carbocycles. The maximum atomic E-state index is 11.9. The Kier molecular flexibility index (Phi) is 4.34. The highest BCUT2D eigenvalue weighted by Crippen LogP contribution is 2.20. The summed E-state index contributed by atoms with van der Waals surface area (Å²) in [6.07, 6.45) is 4.73. The monoisotopic (exact) mass is 272 g/mol. The van der Waals surface area contributed by atoms with Crippen molar-refractivity contribution in [1.82, 2.24) is 19.9 Å². The summed E-state index contributed by atoms with van der Waals surface area (Å²) >= 11 is 0. The van der Waals surface area contributed by atoms with Gasteiger partial charge in [0, 0.05) is 18.6 Å². The van der Waals surface area contributed by atoms with Crippen molar-refractivity contribution in [1.29, 1.82) is 0 Å². The van der Waals surface area contributed by atoms with Crippen molar-refractivity contribution in [3.8, 4) is 11.6 Å². The lowest BCUT2D eigenvalue weighted by Crippen LogP contribution is -2.12. The van der Waals surface area contributed by atoms with Gasteiger partial charge in [0.1, 0.15) is 0 Å². The zero-order valence-corrected chi connectivity index (χ0v) is 11.7. The van der Waals surface area contributed by atoms with Crippen LogP contribution >= 0.6 is 0 Å². The van der Waals surface area contributed by atoms with E-state index in [0.29, 0.717) is 29.5 Å². The highest BCUT2D eigenvalue weighted by Gasteiger charge is 2.19. The molecular weight excluding hydrogens is 256 g/mol. The zero-order valence-electron chi connectivity index (χ0n) is 11.7. The minimum Gasteiger partial charge on any atom is -0.462 e. The Balaban J connectivity index is 2.45. The van der Waals surface area contributed by atoms with Gasteiger partial charge in [0.25, 0.3) is 0 Å². The first-order chi connectivity index (χ1) is 9.63. The molecule has 0 N–H and O–H groups in total. The second kappa shape index (κ2) is 6.18. The molecule has 0 aliphatic carbocycles. The average Bonchev–Trinajstić information content (AvgIpc) is 2.47. The molecule has 0 amide bonds. The second-order valence-corrected chi connectivity index (χ2v) is 4.44. The Morgan fingerprint density at radius 1 is 1.20 bits per heavy atom. The number of ether oxygens (including phenoxy) is 1. The van der Waals surface area contributed by atoms with E-state index in [1.165, 1.54) is 6.20 Å². The van der Waals surface area contributed by atoms with Crippen LogP contribution in [0.3, 0.4) is 0 Å². The van der Waals surface area contributed by atoms with Crippen LogP contribution in [0.15, 0.2) is 24.7 Å². The summed E-state index contributed by atoms with van der Waals surface area (Å²) in [5.74, 6) is 0.503. The highest BCUT2D eigenvalue weighted by atomic mass is 16.5. The number of carbonyl (C=O) groups is 1. The molecule has 0 saturated carbocycles. The predicted octanol–water partition coefficient (Wildman–Crippen LogP) is 2.23. The molecule has 2 heterocycles. The molecule has 6 nitrogen and oxygen atoms in total. The zero-order chi connectivity index (χ0) is 14.5. The molecule has 0 saturated heterocycles. The molecule has 0 bridgehead atoms. The summed E-state index contributed by atoms with van der Waals surface area (Å²) in [5, 5.41) is 0. The number of aromatic nitrogens is 4. The lowest BCUT2D eigenvalue weighted by Gasteiger charge is -2.11. The predicted molar refractivity (Wildman–Crippen MR) is 73.1 cm³/mol. The Morgan fingerprint density at radius 2 is 1.90 bits per heavy atom. The number of carbonyl (C=O) groups excluding carboxylic acids is 1. The Morgan fingerprint density at radius 3 is 2.50 bits per heavy atom. The molecule has 104 valence electrons. The summed E-state index contributed by atoms with van der Waals surface area (Å²) in [6.45, 7) is 6.00. The third-order valence-corrected chi connectivity index (χ3v) is 2.63. The van der Waals surface area contributed by atoms with Crippen molar-refractivity contribution in [2.24, 2.45) is 0 Å². The lowest BCUT2D eigenvalue weighted by atomic mass is 10.1. The van der Waals surface area contributed by atoms with E-state index < -0.39 is 5.97 Å². The molecule has 0 atom stereocenters. The maximum absolute atomic E-state index is 11.9. The topological polar surface area (TPSA) is 77.9 Å². The number of hydrogen-bond donors (Lipinski definition) is 0. The summed E-state index contributed by atoms with van der Waals surface area (Å²) in [7, 11) is 0. The first-order valence-electron chi connectivity index (χ1n) is 6.45. The van der Waals surface area contributed by atoms with Crippen LogP contribution in [0.1, 0.15) is 42.7 Å². The smallest absolute Gasteiger partial charge is 0.341 e. The van der Waals surface area contributed by atoms with Crippen LogP contribution in [-0.2, 0) is 4.74 Å². The SMILES string of the molecule is CCOC(=O)c1cnc(-c2ncccn2)nc1C(C)C. The van der Waals surface area contributed by atoms with Crippen LogP contribution in [0.5, 0.6) is 0 Å². The molecule has 0 fully saturated rings. The molecule has 0 aliphatic rings. The Hall–Kier alpha value is -2.37. The fraction of sp³-hybridized carbons (Fsp3) is 0.357. The van der Waals surface area contributed by atoms with E-state index in [4.69, 9.17) is 4.74 Å². The standard InChI is InChI=1S/C14H16N4O2/c1-4-20-14(19)10-8-17-13(18-11(10)9(2)3)12-15-6-5-7-16-12/h5-9H,4H2,1-3H3. The first-order valence-corrected chi connectivity index (χ1v) is 6.45. The molecule has 20 heavy (non-hydrogen) atoms. The van der Waals surface area contributed by atoms with Crippen LogP contribution < -0.4 is 0 Å². The largest absolute Gasteiger partial charge is 0.462 e. The van der Waals surface area contributed by atoms with Gasteiger partial charge in [-0.1, -0.05) is 13.8 Å². The van der Waals surface area contributed by atoms with Crippen LogP contribution in [-0.4, -0.2) is 32.5 Å². The molecule has 2 aromatic rings. The normalized spacial score (nSPS) is 10.6. The van der Waals surface area contributed by atoms with E-state index in [0.717, 1.165) is 0 Å². The minimum absolute atomic E-state index is 0.0693. The lowest BCUT2D eigenvalue weighted by molar-refractivity contribution is 0.0523. The summed E-state index contributed by atoms with van der Waals surface area (Å²) in [4.78, 5) is 28.7. The van der Waals surface area contributed by atoms with Crippen molar-refractivity contribution in [2.45, 2.75) is 26.7 Å². The highest BCUT2D eigenvalue weighted by molar-refractivity contribution is 5.90. The minimum atomic E-state index is -0.406. The van der Waals surface area contributed by atoms with Crippen molar-refractivity contribution in [3.63, 3.8) is 0 Å². The molecule has 2 rings (SSSR count). The molecule has 0 radical (unpaired) electrons. The third kappa shape index (κ3) is 2.96. The van der Waals surface area contributed by atoms with Crippen molar-refractivity contribution in [3.05, 3.63) is 35.9 Å². The maximum Gasteiger partial charge on any atom is 0.341 e. The van der Waals surface area contributed by atoms with Crippen LogP contribution in [0.2, 0.25) is 0 Å². The van der Waals surface area contributed by atoms with E-state index in [2.05, 4.69) is 19.9 Å². The van der Waals surface area contributed by atoms with Gasteiger partial charge in [-0.25, -0.2) is 24.7 Å². The second-order valence-electron chi connectivity index (χ2n) is 4.44. The quantitative estimate of drug-likeness (QED) is 0.794. The Bertz CT molecular complexity index is 599. The van der Waals surface area contributed by atoms with E-state index in [-0.39, 0.29) is 5.92 Å². The molecule has 0 aliphatic heterocycles. The van der Waals surface area contributed by atoms with Crippen molar-refractivity contribution in [2.75, 3.05) is 6.61 Å². The third-order valence-electron chi connectivity index (χ3n) is 2.63. The fourth-order valence-electron chi connectivity index (χ4n) is 1.72. The van der Waals surface area contributed by atoms with Crippen molar-refractivity contribution < 1.29 is 9.53 Å². The number of nitrogens with zero attached hydrogens (tertiary/aromatic N) is 4. The van der Waals surface area contributed by atoms with Crippen LogP contribution in [0.4, 0.5) is 0 Å². The molecule has 0 spiro atoms. The van der Waals surface area contributed by atoms with Gasteiger partial charge < -0.3 is 4.74 Å². The van der Waals surface area contributed by atoms with Crippen LogP contribution in [0.25, 0.3) is 11.6 Å². The van der Waals surface area contributed by atoms with Gasteiger partial charge in [0.15, 0.2) is 11.6 Å². The summed E-state index contributed by atoms with van der Waals surface area (Å²) < 4.78 is 5.01. The van der Waals surface area contributed by atoms with Crippen molar-refractivity contribution >= 4 is 5.97 Å². The number of hydrogen-bond acceptors (Lipinski definition) is 6. The first kappa shape index (κ1) is 14.0. The molecule has 0 unspecified atom stereocenters. The summed E-state index contributed by atoms with van der Waals surface area (Å²) in [6, 6.07) is 1.72. The fourth-order valence-corrected chi connectivity index (χ4v) is 1.72. The number of esters is 1. The van der Waals surface area contributed by atoms with E-state index in [1.807, 2.05) is 13.8 Å². The summed E-state index contributed by atoms with van der Waals surface area (Å²) in [5.41, 5.74) is 1.03. The molecule has 6 heteroatoms. The van der Waals surface area contributed by atoms with Crippen LogP contribution in [0, 0.1) is 0 Å². The van der Waals surface area contributed by atoms with E-state index in [9.17, 15) is 4.79 Å². The molecular formula is C14H16N4O2. The van der Waals surface area contributed by atoms with E-state index >= 15 is 0 Å². The van der Waals surface area contributed by atoms with Gasteiger partial charge in [-0.3, -0.25) is 0 Å².